The number of nitrogens with one attached hydrogen (secondary N) is 1. The van der Waals surface area contributed by atoms with Gasteiger partial charge in [-0.1, -0.05) is 0 Å². The molecule has 2 saturated heterocycles. The number of amides is 1. The monoisotopic (exact) mass is 341 g/mol. The lowest BCUT2D eigenvalue weighted by Gasteiger charge is -2.20. The zero-order chi connectivity index (χ0) is 16.6. The molecule has 3 heterocycles. The molecule has 128 valence electrons. The molecule has 2 aliphatic heterocycles. The highest BCUT2D eigenvalue weighted by Gasteiger charge is 2.32. The van der Waals surface area contributed by atoms with Gasteiger partial charge in [0, 0.05) is 12.3 Å². The minimum absolute atomic E-state index is 0.0559. The molecule has 2 aliphatic rings. The number of hydrogen-bond acceptors (Lipinski definition) is 5. The maximum absolute atomic E-state index is 12.4. The lowest BCUT2D eigenvalue weighted by molar-refractivity contribution is 0.0712. The van der Waals surface area contributed by atoms with E-state index >= 15 is 0 Å². The third-order valence-electron chi connectivity index (χ3n) is 4.72. The van der Waals surface area contributed by atoms with E-state index in [2.05, 4.69) is 10.4 Å². The van der Waals surface area contributed by atoms with Crippen LogP contribution in [0.25, 0.3) is 0 Å². The molecule has 0 unspecified atom stereocenters. The first-order valence-corrected chi connectivity index (χ1v) is 9.86. The summed E-state index contributed by atoms with van der Waals surface area (Å²) >= 11 is 0. The van der Waals surface area contributed by atoms with Gasteiger partial charge >= 0.3 is 0 Å². The van der Waals surface area contributed by atoms with Gasteiger partial charge < -0.3 is 10.1 Å². The van der Waals surface area contributed by atoms with E-state index in [1.807, 2.05) is 13.8 Å². The summed E-state index contributed by atoms with van der Waals surface area (Å²) in [7, 11) is -2.98. The number of carbonyl (C=O) groups excluding carboxylic acids is 1. The van der Waals surface area contributed by atoms with Crippen molar-refractivity contribution >= 4 is 15.7 Å². The van der Waals surface area contributed by atoms with E-state index < -0.39 is 9.84 Å². The molecule has 0 bridgehead atoms. The summed E-state index contributed by atoms with van der Waals surface area (Å²) in [5.74, 6) is 0.106. The summed E-state index contributed by atoms with van der Waals surface area (Å²) < 4.78 is 30.5. The maximum atomic E-state index is 12.4. The molecule has 0 spiro atoms. The Kier molecular flexibility index (Phi) is 4.46. The molecule has 1 amide bonds. The molecule has 1 aromatic heterocycles. The first-order chi connectivity index (χ1) is 10.9. The van der Waals surface area contributed by atoms with E-state index in [-0.39, 0.29) is 35.6 Å². The van der Waals surface area contributed by atoms with Crippen molar-refractivity contribution in [2.75, 3.05) is 18.1 Å². The Morgan fingerprint density at radius 3 is 2.87 bits per heavy atom. The topological polar surface area (TPSA) is 90.3 Å². The van der Waals surface area contributed by atoms with Crippen LogP contribution in [0.4, 0.5) is 0 Å². The Hall–Kier alpha value is -1.41. The highest BCUT2D eigenvalue weighted by atomic mass is 32.2. The Morgan fingerprint density at radius 2 is 2.26 bits per heavy atom. The molecule has 0 aromatic carbocycles. The molecule has 2 fully saturated rings. The van der Waals surface area contributed by atoms with Crippen molar-refractivity contribution in [3.63, 3.8) is 0 Å². The Morgan fingerprint density at radius 1 is 1.48 bits per heavy atom. The second-order valence-corrected chi connectivity index (χ2v) is 8.69. The van der Waals surface area contributed by atoms with E-state index in [0.29, 0.717) is 17.7 Å². The molecule has 3 rings (SSSR count). The third-order valence-corrected chi connectivity index (χ3v) is 6.48. The number of nitrogens with zero attached hydrogens (tertiary/aromatic N) is 2. The molecule has 0 saturated carbocycles. The summed E-state index contributed by atoms with van der Waals surface area (Å²) in [5.41, 5.74) is 1.21. The van der Waals surface area contributed by atoms with Gasteiger partial charge in [-0.15, -0.1) is 0 Å². The molecule has 1 N–H and O–H groups in total. The average molecular weight is 341 g/mol. The van der Waals surface area contributed by atoms with Crippen molar-refractivity contribution < 1.29 is 17.9 Å². The number of hydrogen-bond donors (Lipinski definition) is 1. The standard InChI is InChI=1S/C15H23N3O4S/c1-10(14-4-3-6-22-14)17-15(19)13-8-16-18(11(13)2)12-5-7-23(20,21)9-12/h8,10,12,14H,3-7,9H2,1-2H3,(H,17,19)/t10-,12+,14-/m1/s1. The van der Waals surface area contributed by atoms with Gasteiger partial charge in [-0.05, 0) is 33.1 Å². The average Bonchev–Trinajstić information content (AvgIpc) is 3.18. The Balaban J connectivity index is 1.70. The van der Waals surface area contributed by atoms with Crippen molar-refractivity contribution in [1.29, 1.82) is 0 Å². The smallest absolute Gasteiger partial charge is 0.255 e. The zero-order valence-electron chi connectivity index (χ0n) is 13.5. The highest BCUT2D eigenvalue weighted by molar-refractivity contribution is 7.91. The quantitative estimate of drug-likeness (QED) is 0.877. The minimum atomic E-state index is -2.98. The van der Waals surface area contributed by atoms with Crippen LogP contribution in [-0.4, -0.2) is 54.4 Å². The van der Waals surface area contributed by atoms with Gasteiger partial charge in [-0.25, -0.2) is 8.42 Å². The molecule has 1 aromatic rings. The van der Waals surface area contributed by atoms with Crippen molar-refractivity contribution in [1.82, 2.24) is 15.1 Å². The number of aromatic nitrogens is 2. The lowest BCUT2D eigenvalue weighted by atomic mass is 10.1. The van der Waals surface area contributed by atoms with Gasteiger partial charge in [0.05, 0.1) is 41.5 Å². The van der Waals surface area contributed by atoms with E-state index in [0.717, 1.165) is 19.4 Å². The Bertz CT molecular complexity index is 692. The molecular weight excluding hydrogens is 318 g/mol. The van der Waals surface area contributed by atoms with Gasteiger partial charge in [0.15, 0.2) is 9.84 Å². The number of ether oxygens (including phenoxy) is 1. The van der Waals surface area contributed by atoms with Gasteiger partial charge in [-0.3, -0.25) is 9.48 Å². The van der Waals surface area contributed by atoms with Gasteiger partial charge in [0.1, 0.15) is 0 Å². The highest BCUT2D eigenvalue weighted by Crippen LogP contribution is 2.25. The summed E-state index contributed by atoms with van der Waals surface area (Å²) in [6.45, 7) is 4.50. The van der Waals surface area contributed by atoms with Crippen LogP contribution in [-0.2, 0) is 14.6 Å². The van der Waals surface area contributed by atoms with Crippen LogP contribution in [0.1, 0.15) is 48.3 Å². The molecule has 3 atom stereocenters. The van der Waals surface area contributed by atoms with Crippen molar-refractivity contribution in [3.05, 3.63) is 17.5 Å². The van der Waals surface area contributed by atoms with Gasteiger partial charge in [0.25, 0.3) is 5.91 Å². The first kappa shape index (κ1) is 16.4. The summed E-state index contributed by atoms with van der Waals surface area (Å²) in [6, 6.07) is -0.225. The van der Waals surface area contributed by atoms with Crippen LogP contribution in [0.15, 0.2) is 6.20 Å². The van der Waals surface area contributed by atoms with Crippen LogP contribution >= 0.6 is 0 Å². The van der Waals surface area contributed by atoms with Gasteiger partial charge in [0.2, 0.25) is 0 Å². The zero-order valence-corrected chi connectivity index (χ0v) is 14.3. The minimum Gasteiger partial charge on any atom is -0.376 e. The summed E-state index contributed by atoms with van der Waals surface area (Å²) in [4.78, 5) is 12.4. The first-order valence-electron chi connectivity index (χ1n) is 8.04. The van der Waals surface area contributed by atoms with Crippen LogP contribution in [0, 0.1) is 6.92 Å². The molecule has 7 nitrogen and oxygen atoms in total. The number of carbonyl (C=O) groups is 1. The van der Waals surface area contributed by atoms with Crippen LogP contribution < -0.4 is 5.32 Å². The molecule has 0 radical (unpaired) electrons. The van der Waals surface area contributed by atoms with Crippen molar-refractivity contribution in [2.24, 2.45) is 0 Å². The van der Waals surface area contributed by atoms with E-state index in [1.54, 1.807) is 4.68 Å². The second kappa shape index (κ2) is 6.24. The fraction of sp³-hybridized carbons (Fsp3) is 0.733. The fourth-order valence-electron chi connectivity index (χ4n) is 3.36. The number of sulfone groups is 1. The summed E-state index contributed by atoms with van der Waals surface area (Å²) in [6.07, 6.45) is 4.13. The SMILES string of the molecule is Cc1c(C(=O)N[C@H](C)[C@H]2CCCO2)cnn1[C@H]1CCS(=O)(=O)C1. The predicted octanol–water partition coefficient (Wildman–Crippen LogP) is 0.848. The lowest BCUT2D eigenvalue weighted by Crippen LogP contribution is -2.41. The van der Waals surface area contributed by atoms with Crippen LogP contribution in [0.3, 0.4) is 0 Å². The fourth-order valence-corrected chi connectivity index (χ4v) is 5.05. The largest absolute Gasteiger partial charge is 0.376 e. The van der Waals surface area contributed by atoms with Crippen molar-refractivity contribution in [2.45, 2.75) is 51.3 Å². The molecule has 0 aliphatic carbocycles. The molecular formula is C15H23N3O4S. The van der Waals surface area contributed by atoms with Crippen LogP contribution in [0.2, 0.25) is 0 Å². The molecule has 23 heavy (non-hydrogen) atoms. The van der Waals surface area contributed by atoms with Crippen LogP contribution in [0.5, 0.6) is 0 Å². The summed E-state index contributed by atoms with van der Waals surface area (Å²) in [5, 5.41) is 7.21. The normalized spacial score (nSPS) is 27.9. The van der Waals surface area contributed by atoms with E-state index in [9.17, 15) is 13.2 Å². The molecule has 8 heteroatoms. The van der Waals surface area contributed by atoms with Crippen molar-refractivity contribution in [3.8, 4) is 0 Å². The Labute approximate surface area is 136 Å². The van der Waals surface area contributed by atoms with E-state index in [1.165, 1.54) is 6.20 Å². The van der Waals surface area contributed by atoms with E-state index in [4.69, 9.17) is 4.74 Å². The third kappa shape index (κ3) is 3.42. The maximum Gasteiger partial charge on any atom is 0.255 e. The number of rotatable bonds is 4. The van der Waals surface area contributed by atoms with Gasteiger partial charge in [-0.2, -0.15) is 5.10 Å². The predicted molar refractivity (Wildman–Crippen MR) is 85.2 cm³/mol. The second-order valence-electron chi connectivity index (χ2n) is 6.46.